The van der Waals surface area contributed by atoms with Crippen LogP contribution in [-0.2, 0) is 6.61 Å². The molecule has 2 rings (SSSR count). The predicted octanol–water partition coefficient (Wildman–Crippen LogP) is 2.71. The van der Waals surface area contributed by atoms with Crippen molar-refractivity contribution in [3.8, 4) is 5.75 Å². The van der Waals surface area contributed by atoms with E-state index in [1.807, 2.05) is 16.9 Å². The summed E-state index contributed by atoms with van der Waals surface area (Å²) in [7, 11) is 0. The zero-order valence-corrected chi connectivity index (χ0v) is 12.1. The van der Waals surface area contributed by atoms with Gasteiger partial charge in [-0.05, 0) is 37.6 Å². The Hall–Kier alpha value is -2.50. The van der Waals surface area contributed by atoms with Crippen molar-refractivity contribution in [3.63, 3.8) is 0 Å². The number of aromatic carboxylic acids is 1. The molecule has 1 aromatic heterocycles. The average molecular weight is 289 g/mol. The first kappa shape index (κ1) is 14.9. The first-order chi connectivity index (χ1) is 10.0. The van der Waals surface area contributed by atoms with Crippen molar-refractivity contribution in [2.45, 2.75) is 32.9 Å². The molecule has 0 saturated heterocycles. The number of carboxylic acids is 1. The molecule has 21 heavy (non-hydrogen) atoms. The molecule has 112 valence electrons. The maximum atomic E-state index is 10.8. The van der Waals surface area contributed by atoms with Crippen LogP contribution in [0.15, 0.2) is 30.5 Å². The minimum Gasteiger partial charge on any atom is -0.485 e. The van der Waals surface area contributed by atoms with Crippen molar-refractivity contribution in [2.75, 3.05) is 5.73 Å². The summed E-state index contributed by atoms with van der Waals surface area (Å²) >= 11 is 0. The number of carbonyl (C=O) groups is 1. The highest BCUT2D eigenvalue weighted by Crippen LogP contribution is 2.23. The fraction of sp³-hybridized carbons (Fsp3) is 0.333. The molecule has 1 atom stereocenters. The van der Waals surface area contributed by atoms with Crippen LogP contribution in [0.2, 0.25) is 0 Å². The number of aromatic nitrogens is 2. The summed E-state index contributed by atoms with van der Waals surface area (Å²) in [4.78, 5) is 10.8. The number of benzene rings is 1. The van der Waals surface area contributed by atoms with Gasteiger partial charge in [-0.3, -0.25) is 4.68 Å². The molecule has 2 aromatic rings. The summed E-state index contributed by atoms with van der Waals surface area (Å²) in [5, 5.41) is 13.3. The molecule has 0 amide bonds. The maximum Gasteiger partial charge on any atom is 0.335 e. The molecular weight excluding hydrogens is 270 g/mol. The largest absolute Gasteiger partial charge is 0.485 e. The Kier molecular flexibility index (Phi) is 4.47. The van der Waals surface area contributed by atoms with Gasteiger partial charge in [0, 0.05) is 12.2 Å². The molecule has 0 aliphatic carbocycles. The number of carboxylic acid groups (broad SMARTS) is 1. The second kappa shape index (κ2) is 6.30. The van der Waals surface area contributed by atoms with Crippen molar-refractivity contribution in [1.82, 2.24) is 9.78 Å². The lowest BCUT2D eigenvalue weighted by Crippen LogP contribution is -2.06. The molecule has 1 heterocycles. The molecule has 0 spiro atoms. The average Bonchev–Trinajstić information content (AvgIpc) is 2.93. The number of nitrogen functional groups attached to an aromatic ring is 1. The summed E-state index contributed by atoms with van der Waals surface area (Å²) in [6.45, 7) is 4.49. The number of anilines is 1. The predicted molar refractivity (Wildman–Crippen MR) is 79.4 cm³/mol. The van der Waals surface area contributed by atoms with E-state index in [0.717, 1.165) is 12.1 Å². The first-order valence-corrected chi connectivity index (χ1v) is 6.81. The summed E-state index contributed by atoms with van der Waals surface area (Å²) in [6, 6.07) is 6.65. The minimum absolute atomic E-state index is 0.140. The quantitative estimate of drug-likeness (QED) is 0.798. The molecular formula is C15H19N3O3. The van der Waals surface area contributed by atoms with Crippen molar-refractivity contribution < 1.29 is 14.6 Å². The Morgan fingerprint density at radius 2 is 2.24 bits per heavy atom. The van der Waals surface area contributed by atoms with E-state index in [0.29, 0.717) is 24.1 Å². The third-order valence-electron chi connectivity index (χ3n) is 3.34. The molecule has 3 N–H and O–H groups in total. The summed E-state index contributed by atoms with van der Waals surface area (Å²) in [5.74, 6) is -0.557. The van der Waals surface area contributed by atoms with E-state index in [4.69, 9.17) is 15.6 Å². The van der Waals surface area contributed by atoms with Crippen LogP contribution in [0.5, 0.6) is 5.75 Å². The fourth-order valence-electron chi connectivity index (χ4n) is 1.85. The van der Waals surface area contributed by atoms with Crippen LogP contribution < -0.4 is 10.5 Å². The van der Waals surface area contributed by atoms with Crippen LogP contribution >= 0.6 is 0 Å². The van der Waals surface area contributed by atoms with Crippen molar-refractivity contribution in [3.05, 3.63) is 41.7 Å². The first-order valence-electron chi connectivity index (χ1n) is 6.81. The molecule has 0 radical (unpaired) electrons. The Morgan fingerprint density at radius 3 is 2.86 bits per heavy atom. The number of hydrogen-bond acceptors (Lipinski definition) is 4. The summed E-state index contributed by atoms with van der Waals surface area (Å²) in [5.41, 5.74) is 7.03. The van der Waals surface area contributed by atoms with E-state index in [-0.39, 0.29) is 5.56 Å². The van der Waals surface area contributed by atoms with E-state index < -0.39 is 5.97 Å². The zero-order valence-electron chi connectivity index (χ0n) is 12.1. The molecule has 1 unspecified atom stereocenters. The molecule has 6 heteroatoms. The Bertz CT molecular complexity index is 637. The molecule has 0 saturated carbocycles. The van der Waals surface area contributed by atoms with Gasteiger partial charge in [-0.25, -0.2) is 4.79 Å². The molecule has 0 aliphatic heterocycles. The Morgan fingerprint density at radius 1 is 1.48 bits per heavy atom. The van der Waals surface area contributed by atoms with Gasteiger partial charge in [-0.15, -0.1) is 0 Å². The third kappa shape index (κ3) is 3.53. The second-order valence-corrected chi connectivity index (χ2v) is 4.89. The molecule has 0 fully saturated rings. The number of hydrogen-bond donors (Lipinski definition) is 2. The van der Waals surface area contributed by atoms with E-state index in [2.05, 4.69) is 18.9 Å². The van der Waals surface area contributed by atoms with E-state index in [1.54, 1.807) is 6.07 Å². The van der Waals surface area contributed by atoms with Gasteiger partial charge in [0.25, 0.3) is 0 Å². The third-order valence-corrected chi connectivity index (χ3v) is 3.34. The number of nitrogens with zero attached hydrogens (tertiary/aromatic N) is 2. The Balaban J connectivity index is 2.03. The van der Waals surface area contributed by atoms with Crippen molar-refractivity contribution in [2.24, 2.45) is 0 Å². The van der Waals surface area contributed by atoms with Gasteiger partial charge in [0.1, 0.15) is 12.4 Å². The number of nitrogens with two attached hydrogens (primary N) is 1. The van der Waals surface area contributed by atoms with Gasteiger partial charge in [0.05, 0.1) is 16.9 Å². The van der Waals surface area contributed by atoms with Gasteiger partial charge >= 0.3 is 5.97 Å². The topological polar surface area (TPSA) is 90.4 Å². The second-order valence-electron chi connectivity index (χ2n) is 4.89. The fourth-order valence-corrected chi connectivity index (χ4v) is 1.85. The lowest BCUT2D eigenvalue weighted by Gasteiger charge is -2.09. The zero-order chi connectivity index (χ0) is 15.4. The molecule has 0 bridgehead atoms. The molecule has 6 nitrogen and oxygen atoms in total. The summed E-state index contributed by atoms with van der Waals surface area (Å²) in [6.07, 6.45) is 2.93. The van der Waals surface area contributed by atoms with Crippen LogP contribution in [0.1, 0.15) is 42.4 Å². The summed E-state index contributed by atoms with van der Waals surface area (Å²) < 4.78 is 7.49. The normalized spacial score (nSPS) is 12.1. The smallest absolute Gasteiger partial charge is 0.335 e. The van der Waals surface area contributed by atoms with Crippen LogP contribution in [-0.4, -0.2) is 20.9 Å². The van der Waals surface area contributed by atoms with Crippen LogP contribution in [0.3, 0.4) is 0 Å². The highest BCUT2D eigenvalue weighted by molar-refractivity contribution is 5.89. The minimum atomic E-state index is -1.01. The van der Waals surface area contributed by atoms with Gasteiger partial charge in [0.15, 0.2) is 0 Å². The van der Waals surface area contributed by atoms with Crippen LogP contribution in [0, 0.1) is 0 Å². The van der Waals surface area contributed by atoms with Gasteiger partial charge in [0.2, 0.25) is 0 Å². The molecule has 1 aromatic carbocycles. The van der Waals surface area contributed by atoms with E-state index >= 15 is 0 Å². The van der Waals surface area contributed by atoms with E-state index in [1.165, 1.54) is 12.1 Å². The SMILES string of the molecule is CCC(C)n1ccc(COc2ccc(C(=O)O)cc2N)n1. The van der Waals surface area contributed by atoms with Crippen molar-refractivity contribution in [1.29, 1.82) is 0 Å². The lowest BCUT2D eigenvalue weighted by atomic mass is 10.2. The lowest BCUT2D eigenvalue weighted by molar-refractivity contribution is 0.0697. The highest BCUT2D eigenvalue weighted by atomic mass is 16.5. The standard InChI is InChI=1S/C15H19N3O3/c1-3-10(2)18-7-6-12(17-18)9-21-14-5-4-11(15(19)20)8-13(14)16/h4-8,10H,3,9,16H2,1-2H3,(H,19,20). The molecule has 0 aliphatic rings. The van der Waals surface area contributed by atoms with Gasteiger partial charge < -0.3 is 15.6 Å². The Labute approximate surface area is 123 Å². The van der Waals surface area contributed by atoms with Gasteiger partial charge in [-0.2, -0.15) is 5.10 Å². The van der Waals surface area contributed by atoms with Crippen LogP contribution in [0.4, 0.5) is 5.69 Å². The monoisotopic (exact) mass is 289 g/mol. The van der Waals surface area contributed by atoms with Gasteiger partial charge in [-0.1, -0.05) is 6.92 Å². The van der Waals surface area contributed by atoms with Crippen LogP contribution in [0.25, 0.3) is 0 Å². The maximum absolute atomic E-state index is 10.8. The van der Waals surface area contributed by atoms with Crippen molar-refractivity contribution >= 4 is 11.7 Å². The highest BCUT2D eigenvalue weighted by Gasteiger charge is 2.09. The number of ether oxygens (including phenoxy) is 1. The number of rotatable bonds is 6. The van der Waals surface area contributed by atoms with E-state index in [9.17, 15) is 4.79 Å².